The molecule has 1 saturated carbocycles. The number of fused-ring (bicyclic) bond motifs is 2. The third kappa shape index (κ3) is 2.97. The fourth-order valence-electron chi connectivity index (χ4n) is 4.84. The van der Waals surface area contributed by atoms with E-state index in [1.807, 2.05) is 6.07 Å². The summed E-state index contributed by atoms with van der Waals surface area (Å²) in [4.78, 5) is 29.1. The van der Waals surface area contributed by atoms with E-state index in [-0.39, 0.29) is 23.9 Å². The third-order valence-electron chi connectivity index (χ3n) is 6.44. The van der Waals surface area contributed by atoms with Gasteiger partial charge in [-0.1, -0.05) is 0 Å². The Kier molecular flexibility index (Phi) is 4.68. The van der Waals surface area contributed by atoms with Crippen molar-refractivity contribution in [3.05, 3.63) is 54.8 Å². The molecule has 1 fully saturated rings. The minimum atomic E-state index is -0.618. The fraction of sp³-hybridized carbons (Fsp3) is 0.455. The number of hydrogen-bond acceptors (Lipinski definition) is 5. The molecule has 8 heteroatoms. The third-order valence-corrected chi connectivity index (χ3v) is 7.67. The number of nitrogens with two attached hydrogens (primary N) is 1. The van der Waals surface area contributed by atoms with Gasteiger partial charge in [-0.15, -0.1) is 11.3 Å². The quantitative estimate of drug-likeness (QED) is 0.594. The van der Waals surface area contributed by atoms with Crippen LogP contribution in [0.5, 0.6) is 0 Å². The van der Waals surface area contributed by atoms with Crippen molar-refractivity contribution in [1.29, 1.82) is 0 Å². The van der Waals surface area contributed by atoms with Crippen molar-refractivity contribution in [3.8, 4) is 10.4 Å². The number of aliphatic hydroxyl groups excluding tert-OH is 1. The standard InChI is InChI=1S/C22H24FN3O3S/c1-10-19(18-8-13-12(16(27)9-24)3-2-4-17(13)30-18)15(23)7-14-20(10)26(11-5-6-11)22(29)25-21(14)28/h7-8,11-12,16,27H,2-6,9,24H2,1H3,(H,25,28,29). The van der Waals surface area contributed by atoms with E-state index in [1.165, 1.54) is 17.4 Å². The molecule has 0 spiro atoms. The summed E-state index contributed by atoms with van der Waals surface area (Å²) in [6.45, 7) is 1.97. The van der Waals surface area contributed by atoms with Crippen molar-refractivity contribution < 1.29 is 9.50 Å². The molecule has 5 rings (SSSR count). The average molecular weight is 430 g/mol. The highest BCUT2D eigenvalue weighted by Crippen LogP contribution is 2.45. The van der Waals surface area contributed by atoms with Gasteiger partial charge in [0.2, 0.25) is 0 Å². The molecule has 1 aromatic carbocycles. The SMILES string of the molecule is Cc1c(-c2cc3c(s2)CCCC3C(O)CN)c(F)cc2c(=O)[nH]c(=O)n(C3CC3)c12. The highest BCUT2D eigenvalue weighted by molar-refractivity contribution is 7.15. The van der Waals surface area contributed by atoms with Crippen molar-refractivity contribution in [2.75, 3.05) is 6.54 Å². The fourth-order valence-corrected chi connectivity index (χ4v) is 6.22. The van der Waals surface area contributed by atoms with Crippen LogP contribution < -0.4 is 17.0 Å². The van der Waals surface area contributed by atoms with Crippen LogP contribution in [0, 0.1) is 12.7 Å². The van der Waals surface area contributed by atoms with Crippen LogP contribution in [0.2, 0.25) is 0 Å². The maximum absolute atomic E-state index is 15.3. The number of nitrogens with zero attached hydrogens (tertiary/aromatic N) is 1. The number of aromatic nitrogens is 2. The Morgan fingerprint density at radius 1 is 1.33 bits per heavy atom. The smallest absolute Gasteiger partial charge is 0.329 e. The molecular formula is C22H24FN3O3S. The maximum atomic E-state index is 15.3. The second-order valence-corrected chi connectivity index (χ2v) is 9.54. The van der Waals surface area contributed by atoms with Gasteiger partial charge in [0.05, 0.1) is 17.0 Å². The van der Waals surface area contributed by atoms with Gasteiger partial charge in [0, 0.05) is 33.8 Å². The Bertz CT molecular complexity index is 1270. The van der Waals surface area contributed by atoms with E-state index in [9.17, 15) is 14.7 Å². The van der Waals surface area contributed by atoms with E-state index in [0.29, 0.717) is 16.6 Å². The molecular weight excluding hydrogens is 405 g/mol. The van der Waals surface area contributed by atoms with Gasteiger partial charge in [0.1, 0.15) is 5.82 Å². The molecule has 2 aromatic heterocycles. The number of nitrogens with one attached hydrogen (secondary N) is 1. The number of benzene rings is 1. The van der Waals surface area contributed by atoms with Gasteiger partial charge >= 0.3 is 5.69 Å². The van der Waals surface area contributed by atoms with Gasteiger partial charge in [0.15, 0.2) is 0 Å². The lowest BCUT2D eigenvalue weighted by Crippen LogP contribution is -2.30. The van der Waals surface area contributed by atoms with Crippen molar-refractivity contribution in [2.24, 2.45) is 5.73 Å². The van der Waals surface area contributed by atoms with Crippen molar-refractivity contribution in [1.82, 2.24) is 9.55 Å². The number of aromatic amines is 1. The highest BCUT2D eigenvalue weighted by atomic mass is 32.1. The summed E-state index contributed by atoms with van der Waals surface area (Å²) in [6, 6.07) is 3.27. The van der Waals surface area contributed by atoms with Crippen molar-refractivity contribution in [3.63, 3.8) is 0 Å². The van der Waals surface area contributed by atoms with Gasteiger partial charge in [0.25, 0.3) is 5.56 Å². The summed E-state index contributed by atoms with van der Waals surface area (Å²) in [5, 5.41) is 10.6. The van der Waals surface area contributed by atoms with Gasteiger partial charge in [-0.05, 0) is 62.3 Å². The number of aliphatic hydroxyl groups is 1. The van der Waals surface area contributed by atoms with Gasteiger partial charge < -0.3 is 10.8 Å². The van der Waals surface area contributed by atoms with Crippen molar-refractivity contribution >= 4 is 22.2 Å². The highest BCUT2D eigenvalue weighted by Gasteiger charge is 2.31. The molecule has 0 radical (unpaired) electrons. The summed E-state index contributed by atoms with van der Waals surface area (Å²) in [5.74, 6) is -0.513. The lowest BCUT2D eigenvalue weighted by molar-refractivity contribution is 0.142. The number of halogens is 1. The largest absolute Gasteiger partial charge is 0.391 e. The van der Waals surface area contributed by atoms with Crippen LogP contribution in [0.15, 0.2) is 21.7 Å². The van der Waals surface area contributed by atoms with Crippen LogP contribution in [-0.4, -0.2) is 27.3 Å². The Labute approximate surface area is 176 Å². The maximum Gasteiger partial charge on any atom is 0.329 e. The zero-order valence-corrected chi connectivity index (χ0v) is 17.5. The monoisotopic (exact) mass is 429 g/mol. The molecule has 0 amide bonds. The molecule has 0 saturated heterocycles. The topological polar surface area (TPSA) is 101 Å². The molecule has 0 bridgehead atoms. The van der Waals surface area contributed by atoms with Crippen LogP contribution in [0.4, 0.5) is 4.39 Å². The first-order valence-corrected chi connectivity index (χ1v) is 11.2. The summed E-state index contributed by atoms with van der Waals surface area (Å²) < 4.78 is 16.9. The minimum absolute atomic E-state index is 0.0416. The normalized spacial score (nSPS) is 19.8. The number of hydrogen-bond donors (Lipinski definition) is 3. The van der Waals surface area contributed by atoms with E-state index in [4.69, 9.17) is 5.73 Å². The summed E-state index contributed by atoms with van der Waals surface area (Å²) in [5.41, 5.74) is 7.30. The average Bonchev–Trinajstić information content (AvgIpc) is 3.45. The van der Waals surface area contributed by atoms with E-state index in [0.717, 1.165) is 47.4 Å². The number of rotatable bonds is 4. The molecule has 6 nitrogen and oxygen atoms in total. The summed E-state index contributed by atoms with van der Waals surface area (Å²) in [6.07, 6.45) is 3.85. The van der Waals surface area contributed by atoms with Crippen LogP contribution in [0.3, 0.4) is 0 Å². The Morgan fingerprint density at radius 2 is 2.10 bits per heavy atom. The van der Waals surface area contributed by atoms with E-state index in [1.54, 1.807) is 11.5 Å². The predicted octanol–water partition coefficient (Wildman–Crippen LogP) is 2.94. The summed E-state index contributed by atoms with van der Waals surface area (Å²) >= 11 is 1.53. The molecule has 2 aliphatic rings. The number of aryl methyl sites for hydroxylation is 2. The lowest BCUT2D eigenvalue weighted by Gasteiger charge is -2.26. The first kappa shape index (κ1) is 19.7. The van der Waals surface area contributed by atoms with Crippen molar-refractivity contribution in [2.45, 2.75) is 57.1 Å². The van der Waals surface area contributed by atoms with Gasteiger partial charge in [-0.2, -0.15) is 0 Å². The Hall–Kier alpha value is -2.29. The molecule has 0 aliphatic heterocycles. The molecule has 2 unspecified atom stereocenters. The molecule has 2 atom stereocenters. The van der Waals surface area contributed by atoms with E-state index < -0.39 is 23.2 Å². The Morgan fingerprint density at radius 3 is 2.80 bits per heavy atom. The zero-order valence-electron chi connectivity index (χ0n) is 16.7. The number of H-pyrrole nitrogens is 1. The van der Waals surface area contributed by atoms with Crippen LogP contribution in [0.1, 0.15) is 53.6 Å². The zero-order chi connectivity index (χ0) is 21.2. The van der Waals surface area contributed by atoms with Gasteiger partial charge in [-0.25, -0.2) is 9.18 Å². The van der Waals surface area contributed by atoms with Gasteiger partial charge in [-0.3, -0.25) is 14.3 Å². The second kappa shape index (κ2) is 7.14. The Balaban J connectivity index is 1.75. The van der Waals surface area contributed by atoms with Crippen LogP contribution >= 0.6 is 11.3 Å². The number of thiophene rings is 1. The molecule has 2 heterocycles. The first-order valence-electron chi connectivity index (χ1n) is 10.4. The van der Waals surface area contributed by atoms with Crippen LogP contribution in [-0.2, 0) is 6.42 Å². The van der Waals surface area contributed by atoms with E-state index in [2.05, 4.69) is 4.98 Å². The predicted molar refractivity (Wildman–Crippen MR) is 116 cm³/mol. The molecule has 3 aromatic rings. The molecule has 30 heavy (non-hydrogen) atoms. The van der Waals surface area contributed by atoms with E-state index >= 15 is 4.39 Å². The molecule has 2 aliphatic carbocycles. The lowest BCUT2D eigenvalue weighted by atomic mass is 9.83. The van der Waals surface area contributed by atoms with Crippen LogP contribution in [0.25, 0.3) is 21.3 Å². The minimum Gasteiger partial charge on any atom is -0.391 e. The molecule has 158 valence electrons. The molecule has 4 N–H and O–H groups in total. The summed E-state index contributed by atoms with van der Waals surface area (Å²) in [7, 11) is 0. The first-order chi connectivity index (χ1) is 14.4. The second-order valence-electron chi connectivity index (χ2n) is 8.41.